The van der Waals surface area contributed by atoms with Crippen LogP contribution in [0.4, 0.5) is 39.5 Å². The van der Waals surface area contributed by atoms with Crippen LogP contribution in [0.3, 0.4) is 0 Å². The summed E-state index contributed by atoms with van der Waals surface area (Å²) < 4.78 is 112. The summed E-state index contributed by atoms with van der Waals surface area (Å²) >= 11 is 0. The van der Waals surface area contributed by atoms with Crippen molar-refractivity contribution in [2.45, 2.75) is 35.7 Å². The summed E-state index contributed by atoms with van der Waals surface area (Å²) in [6, 6.07) is 0. The molecule has 0 aromatic heterocycles. The fourth-order valence-corrected chi connectivity index (χ4v) is 1.23. The van der Waals surface area contributed by atoms with Crippen molar-refractivity contribution in [1.29, 1.82) is 0 Å². The summed E-state index contributed by atoms with van der Waals surface area (Å²) in [5.74, 6) is -24.7. The van der Waals surface area contributed by atoms with Crippen molar-refractivity contribution < 1.29 is 39.5 Å². The quantitative estimate of drug-likeness (QED) is 0.461. The standard InChI is InChI=1S/C6H2BF9/c7-2(8)1-3(9,10)5(13,14)6(15,16)4(2,11)12/h1H2. The molecular weight excluding hydrogens is 254 g/mol. The molecule has 0 spiro atoms. The molecule has 0 heterocycles. The van der Waals surface area contributed by atoms with E-state index in [2.05, 4.69) is 7.85 Å². The van der Waals surface area contributed by atoms with Crippen LogP contribution < -0.4 is 0 Å². The summed E-state index contributed by atoms with van der Waals surface area (Å²) in [5, 5.41) is 0. The lowest BCUT2D eigenvalue weighted by atomic mass is 9.65. The molecule has 1 saturated carbocycles. The van der Waals surface area contributed by atoms with Gasteiger partial charge in [0.1, 0.15) is 13.4 Å². The van der Waals surface area contributed by atoms with E-state index in [0.717, 1.165) is 0 Å². The largest absolute Gasteiger partial charge is 0.380 e. The zero-order chi connectivity index (χ0) is 13.2. The summed E-state index contributed by atoms with van der Waals surface area (Å²) in [7, 11) is 3.92. The van der Waals surface area contributed by atoms with Gasteiger partial charge < -0.3 is 0 Å². The van der Waals surface area contributed by atoms with Gasteiger partial charge in [-0.3, -0.25) is 0 Å². The van der Waals surface area contributed by atoms with Gasteiger partial charge in [-0.1, -0.05) is 0 Å². The predicted octanol–water partition coefficient (Wildman–Crippen LogP) is 2.77. The van der Waals surface area contributed by atoms with Crippen LogP contribution in [0, 0.1) is 0 Å². The Morgan fingerprint density at radius 1 is 0.625 bits per heavy atom. The lowest BCUT2D eigenvalue weighted by Crippen LogP contribution is -2.74. The minimum atomic E-state index is -6.58. The second-order valence-corrected chi connectivity index (χ2v) is 3.47. The molecule has 0 nitrogen and oxygen atoms in total. The average Bonchev–Trinajstić information content (AvgIpc) is 1.98. The maximum atomic E-state index is 12.7. The van der Waals surface area contributed by atoms with Gasteiger partial charge in [-0.05, 0) is 0 Å². The van der Waals surface area contributed by atoms with Gasteiger partial charge in [0.2, 0.25) is 0 Å². The van der Waals surface area contributed by atoms with E-state index in [4.69, 9.17) is 0 Å². The third kappa shape index (κ3) is 1.21. The molecule has 1 aliphatic carbocycles. The number of halogens is 9. The van der Waals surface area contributed by atoms with Crippen LogP contribution in [0.5, 0.6) is 0 Å². The van der Waals surface area contributed by atoms with E-state index in [-0.39, 0.29) is 0 Å². The molecule has 0 saturated heterocycles. The van der Waals surface area contributed by atoms with Crippen LogP contribution in [-0.4, -0.2) is 37.1 Å². The Bertz CT molecular complexity index is 279. The topological polar surface area (TPSA) is 0 Å². The molecule has 1 fully saturated rings. The summed E-state index contributed by atoms with van der Waals surface area (Å²) in [4.78, 5) is 0. The molecule has 1 aliphatic rings. The lowest BCUT2D eigenvalue weighted by Gasteiger charge is -2.47. The summed E-state index contributed by atoms with van der Waals surface area (Å²) in [5.41, 5.74) is -4.92. The lowest BCUT2D eigenvalue weighted by molar-refractivity contribution is -0.413. The van der Waals surface area contributed by atoms with Crippen LogP contribution >= 0.6 is 0 Å². The Morgan fingerprint density at radius 2 is 1.00 bits per heavy atom. The second-order valence-electron chi connectivity index (χ2n) is 3.47. The highest BCUT2D eigenvalue weighted by Crippen LogP contribution is 2.63. The maximum Gasteiger partial charge on any atom is 0.380 e. The van der Waals surface area contributed by atoms with Crippen molar-refractivity contribution in [3.05, 3.63) is 0 Å². The molecule has 0 aromatic carbocycles. The van der Waals surface area contributed by atoms with E-state index in [9.17, 15) is 39.5 Å². The summed E-state index contributed by atoms with van der Waals surface area (Å²) in [6.45, 7) is 0. The van der Waals surface area contributed by atoms with E-state index in [1.165, 1.54) is 0 Å². The third-order valence-electron chi connectivity index (χ3n) is 2.25. The van der Waals surface area contributed by atoms with Crippen molar-refractivity contribution >= 4 is 7.85 Å². The zero-order valence-corrected chi connectivity index (χ0v) is 7.19. The number of alkyl halides is 9. The first-order valence-corrected chi connectivity index (χ1v) is 3.70. The maximum absolute atomic E-state index is 12.7. The van der Waals surface area contributed by atoms with Crippen LogP contribution in [0.15, 0.2) is 0 Å². The molecule has 10 heteroatoms. The Balaban J connectivity index is 3.43. The second kappa shape index (κ2) is 2.81. The van der Waals surface area contributed by atoms with Gasteiger partial charge >= 0.3 is 23.7 Å². The molecule has 0 N–H and O–H groups in total. The molecular formula is C6H2BF9. The van der Waals surface area contributed by atoms with Crippen LogP contribution in [0.25, 0.3) is 0 Å². The first-order chi connectivity index (χ1) is 6.71. The minimum absolute atomic E-state index is 2.89. The Labute approximate surface area is 84.2 Å². The van der Waals surface area contributed by atoms with Gasteiger partial charge in [-0.2, -0.15) is 35.1 Å². The van der Waals surface area contributed by atoms with Crippen molar-refractivity contribution in [3.8, 4) is 0 Å². The molecule has 92 valence electrons. The molecule has 0 aromatic rings. The van der Waals surface area contributed by atoms with E-state index >= 15 is 0 Å². The smallest absolute Gasteiger partial charge is 0.248 e. The fourth-order valence-electron chi connectivity index (χ4n) is 1.23. The first-order valence-electron chi connectivity index (χ1n) is 3.70. The zero-order valence-electron chi connectivity index (χ0n) is 7.19. The van der Waals surface area contributed by atoms with Gasteiger partial charge in [0.05, 0.1) is 0 Å². The van der Waals surface area contributed by atoms with Crippen LogP contribution in [0.2, 0.25) is 0 Å². The average molecular weight is 256 g/mol. The molecule has 1 atom stereocenters. The third-order valence-corrected chi connectivity index (χ3v) is 2.25. The van der Waals surface area contributed by atoms with Gasteiger partial charge in [-0.15, -0.1) is 0 Å². The van der Waals surface area contributed by atoms with Crippen LogP contribution in [0.1, 0.15) is 6.42 Å². The Kier molecular flexibility index (Phi) is 2.37. The Hall–Kier alpha value is -0.565. The van der Waals surface area contributed by atoms with Gasteiger partial charge in [0.15, 0.2) is 0 Å². The molecule has 1 rings (SSSR count). The van der Waals surface area contributed by atoms with Gasteiger partial charge in [-0.25, -0.2) is 4.39 Å². The number of hydrogen-bond acceptors (Lipinski definition) is 0. The number of rotatable bonds is 0. The van der Waals surface area contributed by atoms with Gasteiger partial charge in [0, 0.05) is 6.42 Å². The molecule has 2 radical (unpaired) electrons. The molecule has 0 aliphatic heterocycles. The van der Waals surface area contributed by atoms with Gasteiger partial charge in [0.25, 0.3) is 0 Å². The minimum Gasteiger partial charge on any atom is -0.248 e. The normalized spacial score (nSPS) is 39.3. The molecule has 0 amide bonds. The van der Waals surface area contributed by atoms with E-state index < -0.39 is 35.7 Å². The van der Waals surface area contributed by atoms with E-state index in [0.29, 0.717) is 0 Å². The monoisotopic (exact) mass is 256 g/mol. The highest BCUT2D eigenvalue weighted by atomic mass is 19.4. The van der Waals surface area contributed by atoms with Crippen molar-refractivity contribution in [3.63, 3.8) is 0 Å². The van der Waals surface area contributed by atoms with Crippen molar-refractivity contribution in [2.75, 3.05) is 0 Å². The SMILES string of the molecule is [B]C1(F)CC(F)(F)C(F)(F)C(F)(F)C1(F)F. The molecule has 1 unspecified atom stereocenters. The highest BCUT2D eigenvalue weighted by molar-refractivity contribution is 6.15. The Morgan fingerprint density at radius 3 is 1.38 bits per heavy atom. The fraction of sp³-hybridized carbons (Fsp3) is 1.00. The van der Waals surface area contributed by atoms with Crippen LogP contribution in [-0.2, 0) is 0 Å². The van der Waals surface area contributed by atoms with Crippen molar-refractivity contribution in [2.24, 2.45) is 0 Å². The predicted molar refractivity (Wildman–Crippen MR) is 34.0 cm³/mol. The molecule has 16 heavy (non-hydrogen) atoms. The van der Waals surface area contributed by atoms with E-state index in [1.54, 1.807) is 0 Å². The highest BCUT2D eigenvalue weighted by Gasteiger charge is 2.89. The first kappa shape index (κ1) is 13.5. The van der Waals surface area contributed by atoms with E-state index in [1.807, 2.05) is 0 Å². The summed E-state index contributed by atoms with van der Waals surface area (Å²) in [6.07, 6.45) is -2.89. The number of hydrogen-bond donors (Lipinski definition) is 0. The van der Waals surface area contributed by atoms with Crippen molar-refractivity contribution in [1.82, 2.24) is 0 Å². The molecule has 0 bridgehead atoms.